The first-order valence-corrected chi connectivity index (χ1v) is 7.64. The lowest BCUT2D eigenvalue weighted by Crippen LogP contribution is -1.98. The second-order valence-corrected chi connectivity index (χ2v) is 5.32. The van der Waals surface area contributed by atoms with Crippen molar-refractivity contribution in [3.63, 3.8) is 0 Å². The van der Waals surface area contributed by atoms with Crippen LogP contribution in [-0.4, -0.2) is 27.7 Å². The van der Waals surface area contributed by atoms with E-state index < -0.39 is 5.97 Å². The Bertz CT molecular complexity index is 839. The summed E-state index contributed by atoms with van der Waals surface area (Å²) in [5.74, 6) is 0.499. The Labute approximate surface area is 133 Å². The molecule has 118 valence electrons. The molecule has 0 aliphatic heterocycles. The monoisotopic (exact) mass is 310 g/mol. The number of ether oxygens (including phenoxy) is 1. The highest BCUT2D eigenvalue weighted by atomic mass is 16.5. The van der Waals surface area contributed by atoms with E-state index in [0.29, 0.717) is 17.9 Å². The van der Waals surface area contributed by atoms with Crippen LogP contribution in [0.5, 0.6) is 5.75 Å². The number of nitrogens with one attached hydrogen (secondary N) is 1. The summed E-state index contributed by atoms with van der Waals surface area (Å²) in [5, 5.41) is 9.08. The van der Waals surface area contributed by atoms with Crippen LogP contribution in [0, 0.1) is 0 Å². The number of aromatic nitrogens is 2. The molecule has 2 N–H and O–H groups in total. The number of aromatic amines is 1. The quantitative estimate of drug-likeness (QED) is 0.672. The second-order valence-electron chi connectivity index (χ2n) is 5.32. The predicted molar refractivity (Wildman–Crippen MR) is 88.9 cm³/mol. The molecular weight excluding hydrogens is 292 g/mol. The third-order valence-corrected chi connectivity index (χ3v) is 3.63. The molecule has 0 fully saturated rings. The van der Waals surface area contributed by atoms with Gasteiger partial charge in [-0.25, -0.2) is 9.78 Å². The standard InChI is InChI=1S/C18H18N2O3/c1-2-3-10-23-16-7-5-4-6-13(16)17-19-14-9-8-12(18(21)22)11-15(14)20-17/h4-9,11H,2-3,10H2,1H3,(H,19,20)(H,21,22). The highest BCUT2D eigenvalue weighted by molar-refractivity contribution is 5.93. The predicted octanol–water partition coefficient (Wildman–Crippen LogP) is 4.11. The highest BCUT2D eigenvalue weighted by Crippen LogP contribution is 2.29. The van der Waals surface area contributed by atoms with Crippen molar-refractivity contribution in [2.75, 3.05) is 6.61 Å². The largest absolute Gasteiger partial charge is 0.493 e. The van der Waals surface area contributed by atoms with Crippen LogP contribution in [-0.2, 0) is 0 Å². The lowest BCUT2D eigenvalue weighted by molar-refractivity contribution is 0.0697. The van der Waals surface area contributed by atoms with Crippen molar-refractivity contribution in [1.82, 2.24) is 9.97 Å². The van der Waals surface area contributed by atoms with Crippen LogP contribution < -0.4 is 4.74 Å². The highest BCUT2D eigenvalue weighted by Gasteiger charge is 2.12. The average molecular weight is 310 g/mol. The number of para-hydroxylation sites is 1. The van der Waals surface area contributed by atoms with Crippen LogP contribution >= 0.6 is 0 Å². The summed E-state index contributed by atoms with van der Waals surface area (Å²) < 4.78 is 5.84. The number of fused-ring (bicyclic) bond motifs is 1. The van der Waals surface area contributed by atoms with Gasteiger partial charge in [-0.2, -0.15) is 0 Å². The van der Waals surface area contributed by atoms with E-state index in [2.05, 4.69) is 16.9 Å². The van der Waals surface area contributed by atoms with Crippen molar-refractivity contribution in [1.29, 1.82) is 0 Å². The average Bonchev–Trinajstić information content (AvgIpc) is 2.98. The van der Waals surface area contributed by atoms with Gasteiger partial charge in [0.05, 0.1) is 28.8 Å². The molecule has 0 atom stereocenters. The lowest BCUT2D eigenvalue weighted by atomic mass is 10.2. The number of carbonyl (C=O) groups is 1. The first kappa shape index (κ1) is 15.1. The van der Waals surface area contributed by atoms with Gasteiger partial charge in [-0.05, 0) is 36.8 Å². The summed E-state index contributed by atoms with van der Waals surface area (Å²) in [7, 11) is 0. The number of carboxylic acids is 1. The molecule has 1 heterocycles. The number of aromatic carboxylic acids is 1. The fourth-order valence-corrected chi connectivity index (χ4v) is 2.38. The van der Waals surface area contributed by atoms with Crippen LogP contribution in [0.2, 0.25) is 0 Å². The molecule has 0 saturated heterocycles. The van der Waals surface area contributed by atoms with Crippen molar-refractivity contribution < 1.29 is 14.6 Å². The molecule has 3 aromatic rings. The minimum atomic E-state index is -0.952. The molecule has 5 nitrogen and oxygen atoms in total. The summed E-state index contributed by atoms with van der Waals surface area (Å²) in [6.07, 6.45) is 2.07. The molecule has 0 unspecified atom stereocenters. The van der Waals surface area contributed by atoms with Crippen LogP contribution in [0.3, 0.4) is 0 Å². The fraction of sp³-hybridized carbons (Fsp3) is 0.222. The number of H-pyrrole nitrogens is 1. The first-order chi connectivity index (χ1) is 11.2. The number of rotatable bonds is 6. The SMILES string of the molecule is CCCCOc1ccccc1-c1nc2ccc(C(=O)O)cc2[nH]1. The first-order valence-electron chi connectivity index (χ1n) is 7.64. The molecule has 2 aromatic carbocycles. The fourth-order valence-electron chi connectivity index (χ4n) is 2.38. The van der Waals surface area contributed by atoms with E-state index in [4.69, 9.17) is 9.84 Å². The summed E-state index contributed by atoms with van der Waals surface area (Å²) >= 11 is 0. The van der Waals surface area contributed by atoms with E-state index in [-0.39, 0.29) is 5.56 Å². The zero-order valence-corrected chi connectivity index (χ0v) is 12.9. The van der Waals surface area contributed by atoms with Gasteiger partial charge < -0.3 is 14.8 Å². The van der Waals surface area contributed by atoms with Crippen LogP contribution in [0.1, 0.15) is 30.1 Å². The summed E-state index contributed by atoms with van der Waals surface area (Å²) in [6, 6.07) is 12.6. The van der Waals surface area contributed by atoms with Gasteiger partial charge in [0.25, 0.3) is 0 Å². The molecule has 0 radical (unpaired) electrons. The van der Waals surface area contributed by atoms with E-state index in [0.717, 1.165) is 29.7 Å². The normalized spacial score (nSPS) is 10.8. The van der Waals surface area contributed by atoms with Gasteiger partial charge in [-0.15, -0.1) is 0 Å². The molecular formula is C18H18N2O3. The summed E-state index contributed by atoms with van der Waals surface area (Å²) in [5.41, 5.74) is 2.54. The van der Waals surface area contributed by atoms with Crippen LogP contribution in [0.4, 0.5) is 0 Å². The molecule has 1 aromatic heterocycles. The molecule has 23 heavy (non-hydrogen) atoms. The van der Waals surface area contributed by atoms with E-state index in [1.165, 1.54) is 0 Å². The Balaban J connectivity index is 1.98. The van der Waals surface area contributed by atoms with Crippen LogP contribution in [0.15, 0.2) is 42.5 Å². The summed E-state index contributed by atoms with van der Waals surface area (Å²) in [6.45, 7) is 2.78. The topological polar surface area (TPSA) is 75.2 Å². The molecule has 0 aliphatic rings. The Kier molecular flexibility index (Phi) is 4.28. The Morgan fingerprint density at radius 2 is 2.09 bits per heavy atom. The van der Waals surface area contributed by atoms with E-state index in [1.807, 2.05) is 24.3 Å². The number of imidazole rings is 1. The van der Waals surface area contributed by atoms with Crippen LogP contribution in [0.25, 0.3) is 22.4 Å². The van der Waals surface area contributed by atoms with Crippen molar-refractivity contribution in [3.05, 3.63) is 48.0 Å². The Morgan fingerprint density at radius 1 is 1.26 bits per heavy atom. The molecule has 3 rings (SSSR count). The summed E-state index contributed by atoms with van der Waals surface area (Å²) in [4.78, 5) is 18.8. The number of carboxylic acid groups (broad SMARTS) is 1. The maximum Gasteiger partial charge on any atom is 0.335 e. The number of unbranched alkanes of at least 4 members (excludes halogenated alkanes) is 1. The smallest absolute Gasteiger partial charge is 0.335 e. The zero-order valence-electron chi connectivity index (χ0n) is 12.9. The van der Waals surface area contributed by atoms with Gasteiger partial charge in [-0.3, -0.25) is 0 Å². The van der Waals surface area contributed by atoms with Gasteiger partial charge in [0.15, 0.2) is 0 Å². The van der Waals surface area contributed by atoms with E-state index >= 15 is 0 Å². The molecule has 0 saturated carbocycles. The molecule has 0 spiro atoms. The minimum absolute atomic E-state index is 0.236. The molecule has 0 amide bonds. The van der Waals surface area contributed by atoms with Gasteiger partial charge >= 0.3 is 5.97 Å². The van der Waals surface area contributed by atoms with Gasteiger partial charge in [-0.1, -0.05) is 25.5 Å². The Morgan fingerprint density at radius 3 is 2.87 bits per heavy atom. The van der Waals surface area contributed by atoms with Crippen molar-refractivity contribution in [2.24, 2.45) is 0 Å². The third kappa shape index (κ3) is 3.18. The minimum Gasteiger partial charge on any atom is -0.493 e. The zero-order chi connectivity index (χ0) is 16.2. The number of hydrogen-bond acceptors (Lipinski definition) is 3. The lowest BCUT2D eigenvalue weighted by Gasteiger charge is -2.09. The molecule has 5 heteroatoms. The number of nitrogens with zero attached hydrogens (tertiary/aromatic N) is 1. The number of hydrogen-bond donors (Lipinski definition) is 2. The Hall–Kier alpha value is -2.82. The molecule has 0 bridgehead atoms. The van der Waals surface area contributed by atoms with Gasteiger partial charge in [0.2, 0.25) is 0 Å². The maximum atomic E-state index is 11.1. The van der Waals surface area contributed by atoms with E-state index in [1.54, 1.807) is 18.2 Å². The third-order valence-electron chi connectivity index (χ3n) is 3.63. The van der Waals surface area contributed by atoms with E-state index in [9.17, 15) is 4.79 Å². The van der Waals surface area contributed by atoms with Crippen molar-refractivity contribution in [2.45, 2.75) is 19.8 Å². The van der Waals surface area contributed by atoms with Gasteiger partial charge in [0.1, 0.15) is 11.6 Å². The van der Waals surface area contributed by atoms with Crippen molar-refractivity contribution in [3.8, 4) is 17.1 Å². The second kappa shape index (κ2) is 6.52. The van der Waals surface area contributed by atoms with Crippen molar-refractivity contribution >= 4 is 17.0 Å². The molecule has 0 aliphatic carbocycles. The number of benzene rings is 2. The maximum absolute atomic E-state index is 11.1. The van der Waals surface area contributed by atoms with Gasteiger partial charge in [0, 0.05) is 0 Å².